The van der Waals surface area contributed by atoms with Crippen molar-refractivity contribution in [3.05, 3.63) is 35.4 Å². The normalized spacial score (nSPS) is 16.2. The third kappa shape index (κ3) is 1.87. The Balaban J connectivity index is 2.09. The standard InChI is InChI=1S/C11H11NS/c12-6-5-9-1-3-10(4-2-9)11-7-13-8-11/h1-4,11H,5,7-8H2. The van der Waals surface area contributed by atoms with E-state index in [1.165, 1.54) is 17.1 Å². The highest BCUT2D eigenvalue weighted by Gasteiger charge is 2.19. The zero-order chi connectivity index (χ0) is 9.10. The van der Waals surface area contributed by atoms with Gasteiger partial charge in [-0.25, -0.2) is 0 Å². The first-order chi connectivity index (χ1) is 6.40. The Morgan fingerprint density at radius 2 is 2.00 bits per heavy atom. The molecule has 0 atom stereocenters. The van der Waals surface area contributed by atoms with Crippen molar-refractivity contribution >= 4 is 11.8 Å². The Labute approximate surface area is 82.8 Å². The second-order valence-electron chi connectivity index (χ2n) is 3.31. The van der Waals surface area contributed by atoms with E-state index in [-0.39, 0.29) is 0 Å². The quantitative estimate of drug-likeness (QED) is 0.714. The summed E-state index contributed by atoms with van der Waals surface area (Å²) in [4.78, 5) is 0. The maximum atomic E-state index is 8.50. The van der Waals surface area contributed by atoms with Crippen LogP contribution in [0.3, 0.4) is 0 Å². The Hall–Kier alpha value is -0.940. The number of hydrogen-bond donors (Lipinski definition) is 0. The van der Waals surface area contributed by atoms with Gasteiger partial charge in [0.1, 0.15) is 0 Å². The van der Waals surface area contributed by atoms with Crippen LogP contribution in [0.25, 0.3) is 0 Å². The molecule has 0 amide bonds. The summed E-state index contributed by atoms with van der Waals surface area (Å²) in [5.41, 5.74) is 2.55. The number of nitriles is 1. The molecule has 0 radical (unpaired) electrons. The van der Waals surface area contributed by atoms with E-state index >= 15 is 0 Å². The molecule has 2 heteroatoms. The van der Waals surface area contributed by atoms with Gasteiger partial charge in [-0.1, -0.05) is 24.3 Å². The van der Waals surface area contributed by atoms with Crippen molar-refractivity contribution in [2.45, 2.75) is 12.3 Å². The summed E-state index contributed by atoms with van der Waals surface area (Å²) >= 11 is 2.00. The number of benzene rings is 1. The molecule has 0 aliphatic carbocycles. The predicted molar refractivity (Wildman–Crippen MR) is 55.8 cm³/mol. The molecule has 13 heavy (non-hydrogen) atoms. The molecule has 1 aliphatic rings. The third-order valence-corrected chi connectivity index (χ3v) is 3.65. The van der Waals surface area contributed by atoms with Gasteiger partial charge in [-0.15, -0.1) is 0 Å². The molecule has 0 bridgehead atoms. The van der Waals surface area contributed by atoms with Crippen LogP contribution in [0.1, 0.15) is 17.0 Å². The van der Waals surface area contributed by atoms with Crippen LogP contribution in [0.2, 0.25) is 0 Å². The predicted octanol–water partition coefficient (Wildman–Crippen LogP) is 2.58. The average Bonchev–Trinajstić information content (AvgIpc) is 2.06. The Morgan fingerprint density at radius 1 is 1.31 bits per heavy atom. The number of rotatable bonds is 2. The van der Waals surface area contributed by atoms with Crippen molar-refractivity contribution in [3.8, 4) is 6.07 Å². The molecule has 1 fully saturated rings. The molecule has 0 spiro atoms. The summed E-state index contributed by atoms with van der Waals surface area (Å²) in [5.74, 6) is 3.29. The van der Waals surface area contributed by atoms with Gasteiger partial charge in [-0.2, -0.15) is 17.0 Å². The van der Waals surface area contributed by atoms with Crippen LogP contribution in [0.5, 0.6) is 0 Å². The Kier molecular flexibility index (Phi) is 2.56. The topological polar surface area (TPSA) is 23.8 Å². The smallest absolute Gasteiger partial charge is 0.0669 e. The minimum atomic E-state index is 0.527. The summed E-state index contributed by atoms with van der Waals surface area (Å²) in [7, 11) is 0. The molecule has 66 valence electrons. The SMILES string of the molecule is N#CCc1ccc(C2CSC2)cc1. The molecule has 0 aromatic heterocycles. The van der Waals surface area contributed by atoms with Gasteiger partial charge in [0.25, 0.3) is 0 Å². The largest absolute Gasteiger partial charge is 0.198 e. The molecule has 1 aromatic carbocycles. The molecule has 1 aliphatic heterocycles. The van der Waals surface area contributed by atoms with Crippen LogP contribution in [-0.4, -0.2) is 11.5 Å². The summed E-state index contributed by atoms with van der Waals surface area (Å²) in [5, 5.41) is 8.50. The van der Waals surface area contributed by atoms with Crippen molar-refractivity contribution in [2.24, 2.45) is 0 Å². The molecular weight excluding hydrogens is 178 g/mol. The lowest BCUT2D eigenvalue weighted by Crippen LogP contribution is -2.15. The first-order valence-corrected chi connectivity index (χ1v) is 5.59. The van der Waals surface area contributed by atoms with Gasteiger partial charge < -0.3 is 0 Å². The summed E-state index contributed by atoms with van der Waals surface area (Å²) in [6.45, 7) is 0. The monoisotopic (exact) mass is 189 g/mol. The van der Waals surface area contributed by atoms with Crippen molar-refractivity contribution in [2.75, 3.05) is 11.5 Å². The Bertz CT molecular complexity index is 319. The van der Waals surface area contributed by atoms with Crippen LogP contribution >= 0.6 is 11.8 Å². The molecule has 0 N–H and O–H groups in total. The van der Waals surface area contributed by atoms with Crippen LogP contribution in [-0.2, 0) is 6.42 Å². The Morgan fingerprint density at radius 3 is 2.46 bits per heavy atom. The van der Waals surface area contributed by atoms with Crippen LogP contribution in [0.4, 0.5) is 0 Å². The minimum absolute atomic E-state index is 0.527. The fourth-order valence-electron chi connectivity index (χ4n) is 1.43. The number of thioether (sulfide) groups is 1. The van der Waals surface area contributed by atoms with Crippen molar-refractivity contribution in [1.82, 2.24) is 0 Å². The lowest BCUT2D eigenvalue weighted by molar-refractivity contribution is 0.849. The van der Waals surface area contributed by atoms with Crippen LogP contribution in [0.15, 0.2) is 24.3 Å². The van der Waals surface area contributed by atoms with Gasteiger partial charge in [-0.05, 0) is 11.1 Å². The molecule has 1 saturated heterocycles. The van der Waals surface area contributed by atoms with Gasteiger partial charge in [0.05, 0.1) is 12.5 Å². The molecule has 1 nitrogen and oxygen atoms in total. The molecule has 1 heterocycles. The lowest BCUT2D eigenvalue weighted by Gasteiger charge is -2.25. The van der Waals surface area contributed by atoms with Gasteiger partial charge >= 0.3 is 0 Å². The molecule has 0 unspecified atom stereocenters. The average molecular weight is 189 g/mol. The maximum Gasteiger partial charge on any atom is 0.0669 e. The second kappa shape index (κ2) is 3.85. The maximum absolute atomic E-state index is 8.50. The first-order valence-electron chi connectivity index (χ1n) is 4.43. The number of hydrogen-bond acceptors (Lipinski definition) is 2. The van der Waals surface area contributed by atoms with Crippen molar-refractivity contribution in [1.29, 1.82) is 5.26 Å². The van der Waals surface area contributed by atoms with E-state index in [1.54, 1.807) is 0 Å². The van der Waals surface area contributed by atoms with E-state index < -0.39 is 0 Å². The fraction of sp³-hybridized carbons (Fsp3) is 0.364. The highest BCUT2D eigenvalue weighted by molar-refractivity contribution is 8.00. The molecule has 2 rings (SSSR count). The number of nitrogens with zero attached hydrogens (tertiary/aromatic N) is 1. The van der Waals surface area contributed by atoms with Crippen molar-refractivity contribution < 1.29 is 0 Å². The van der Waals surface area contributed by atoms with Crippen molar-refractivity contribution in [3.63, 3.8) is 0 Å². The van der Waals surface area contributed by atoms with E-state index in [9.17, 15) is 0 Å². The third-order valence-electron chi connectivity index (χ3n) is 2.37. The van der Waals surface area contributed by atoms with E-state index in [0.29, 0.717) is 6.42 Å². The van der Waals surface area contributed by atoms with E-state index in [1.807, 2.05) is 11.8 Å². The lowest BCUT2D eigenvalue weighted by atomic mass is 10.0. The summed E-state index contributed by atoms with van der Waals surface area (Å²) in [6, 6.07) is 10.6. The second-order valence-corrected chi connectivity index (χ2v) is 4.39. The van der Waals surface area contributed by atoms with Gasteiger partial charge in [0.2, 0.25) is 0 Å². The van der Waals surface area contributed by atoms with E-state index in [4.69, 9.17) is 5.26 Å². The zero-order valence-electron chi connectivity index (χ0n) is 7.36. The minimum Gasteiger partial charge on any atom is -0.198 e. The van der Waals surface area contributed by atoms with E-state index in [2.05, 4.69) is 30.3 Å². The highest BCUT2D eigenvalue weighted by Crippen LogP contribution is 2.33. The summed E-state index contributed by atoms with van der Waals surface area (Å²) < 4.78 is 0. The molecule has 0 saturated carbocycles. The van der Waals surface area contributed by atoms with Gasteiger partial charge in [-0.3, -0.25) is 0 Å². The summed E-state index contributed by atoms with van der Waals surface area (Å²) in [6.07, 6.45) is 0.527. The molecular formula is C11H11NS. The first kappa shape index (κ1) is 8.65. The van der Waals surface area contributed by atoms with Gasteiger partial charge in [0.15, 0.2) is 0 Å². The highest BCUT2D eigenvalue weighted by atomic mass is 32.2. The van der Waals surface area contributed by atoms with E-state index in [0.717, 1.165) is 11.5 Å². The fourth-order valence-corrected chi connectivity index (χ4v) is 2.28. The van der Waals surface area contributed by atoms with Crippen LogP contribution in [0, 0.1) is 11.3 Å². The zero-order valence-corrected chi connectivity index (χ0v) is 8.18. The van der Waals surface area contributed by atoms with Crippen LogP contribution < -0.4 is 0 Å². The van der Waals surface area contributed by atoms with Gasteiger partial charge in [0, 0.05) is 17.4 Å². The molecule has 1 aromatic rings.